The van der Waals surface area contributed by atoms with Crippen LogP contribution in [0.5, 0.6) is 0 Å². The van der Waals surface area contributed by atoms with Gasteiger partial charge in [0, 0.05) is 12.1 Å². The molecule has 1 N–H and O–H groups in total. The van der Waals surface area contributed by atoms with Gasteiger partial charge in [-0.2, -0.15) is 10.2 Å². The first-order valence-corrected chi connectivity index (χ1v) is 5.25. The van der Waals surface area contributed by atoms with Crippen molar-refractivity contribution in [3.05, 3.63) is 45.8 Å². The van der Waals surface area contributed by atoms with Crippen molar-refractivity contribution in [2.45, 2.75) is 13.8 Å². The van der Waals surface area contributed by atoms with Gasteiger partial charge in [-0.15, -0.1) is 5.11 Å². The number of hydrogen-bond donors (Lipinski definition) is 1. The second kappa shape index (κ2) is 4.74. The minimum absolute atomic E-state index is 0.00733. The first-order valence-electron chi connectivity index (χ1n) is 5.25. The Labute approximate surface area is 103 Å². The van der Waals surface area contributed by atoms with E-state index in [1.54, 1.807) is 12.1 Å². The Hall–Kier alpha value is -2.57. The summed E-state index contributed by atoms with van der Waals surface area (Å²) in [6.45, 7) is 3.65. The van der Waals surface area contributed by atoms with Crippen LogP contribution in [-0.2, 0) is 0 Å². The van der Waals surface area contributed by atoms with Crippen molar-refractivity contribution in [2.75, 3.05) is 0 Å². The molecule has 0 saturated carbocycles. The molecule has 1 aromatic carbocycles. The third-order valence-corrected chi connectivity index (χ3v) is 2.40. The van der Waals surface area contributed by atoms with Gasteiger partial charge in [0.05, 0.1) is 22.0 Å². The van der Waals surface area contributed by atoms with Crippen LogP contribution in [0.15, 0.2) is 34.5 Å². The second-order valence-corrected chi connectivity index (χ2v) is 3.76. The van der Waals surface area contributed by atoms with E-state index in [4.69, 9.17) is 0 Å². The Kier molecular flexibility index (Phi) is 3.13. The maximum absolute atomic E-state index is 10.6. The highest BCUT2D eigenvalue weighted by Gasteiger charge is 2.07. The average molecular weight is 245 g/mol. The molecule has 2 rings (SSSR count). The zero-order valence-electron chi connectivity index (χ0n) is 9.91. The number of hydrogen-bond acceptors (Lipinski definition) is 5. The van der Waals surface area contributed by atoms with Crippen LogP contribution in [0.4, 0.5) is 17.1 Å². The second-order valence-electron chi connectivity index (χ2n) is 3.76. The van der Waals surface area contributed by atoms with Crippen molar-refractivity contribution >= 4 is 17.1 Å². The lowest BCUT2D eigenvalue weighted by Gasteiger charge is -1.94. The van der Waals surface area contributed by atoms with Gasteiger partial charge in [0.1, 0.15) is 5.69 Å². The van der Waals surface area contributed by atoms with Gasteiger partial charge >= 0.3 is 0 Å². The first kappa shape index (κ1) is 11.9. The molecule has 92 valence electrons. The quantitative estimate of drug-likeness (QED) is 0.510. The van der Waals surface area contributed by atoms with Gasteiger partial charge in [-0.05, 0) is 19.9 Å². The van der Waals surface area contributed by atoms with Crippen LogP contribution < -0.4 is 0 Å². The predicted molar refractivity (Wildman–Crippen MR) is 65.3 cm³/mol. The number of nitrogens with zero attached hydrogens (tertiary/aromatic N) is 4. The summed E-state index contributed by atoms with van der Waals surface area (Å²) in [5.41, 5.74) is 2.63. The lowest BCUT2D eigenvalue weighted by atomic mass is 10.3. The SMILES string of the molecule is Cc1n[nH]c(C)c1N=Nc1cccc([N+](=O)[O-])c1. The van der Waals surface area contributed by atoms with E-state index in [2.05, 4.69) is 20.4 Å². The summed E-state index contributed by atoms with van der Waals surface area (Å²) in [7, 11) is 0. The lowest BCUT2D eigenvalue weighted by molar-refractivity contribution is -0.384. The van der Waals surface area contributed by atoms with Crippen LogP contribution in [-0.4, -0.2) is 15.1 Å². The maximum Gasteiger partial charge on any atom is 0.271 e. The number of aromatic amines is 1. The third kappa shape index (κ3) is 2.40. The topological polar surface area (TPSA) is 96.5 Å². The van der Waals surface area contributed by atoms with Gasteiger partial charge in [-0.25, -0.2) is 0 Å². The van der Waals surface area contributed by atoms with E-state index < -0.39 is 4.92 Å². The molecule has 0 aliphatic carbocycles. The van der Waals surface area contributed by atoms with Gasteiger partial charge in [0.25, 0.3) is 5.69 Å². The number of aromatic nitrogens is 2. The molecule has 2 aromatic rings. The van der Waals surface area contributed by atoms with E-state index in [1.165, 1.54) is 12.1 Å². The largest absolute Gasteiger partial charge is 0.280 e. The molecule has 0 bridgehead atoms. The zero-order chi connectivity index (χ0) is 13.1. The van der Waals surface area contributed by atoms with E-state index in [0.717, 1.165) is 11.4 Å². The number of non-ortho nitro benzene ring substituents is 1. The first-order chi connectivity index (χ1) is 8.58. The summed E-state index contributed by atoms with van der Waals surface area (Å²) in [4.78, 5) is 10.1. The number of aryl methyl sites for hydroxylation is 2. The summed E-state index contributed by atoms with van der Waals surface area (Å²) in [6.07, 6.45) is 0. The van der Waals surface area contributed by atoms with Crippen molar-refractivity contribution in [3.8, 4) is 0 Å². The molecule has 0 atom stereocenters. The van der Waals surface area contributed by atoms with E-state index >= 15 is 0 Å². The van der Waals surface area contributed by atoms with Gasteiger partial charge in [-0.3, -0.25) is 15.2 Å². The van der Waals surface area contributed by atoms with E-state index in [9.17, 15) is 10.1 Å². The highest BCUT2D eigenvalue weighted by Crippen LogP contribution is 2.25. The van der Waals surface area contributed by atoms with Crippen molar-refractivity contribution in [1.82, 2.24) is 10.2 Å². The fraction of sp³-hybridized carbons (Fsp3) is 0.182. The van der Waals surface area contributed by atoms with Crippen molar-refractivity contribution in [3.63, 3.8) is 0 Å². The summed E-state index contributed by atoms with van der Waals surface area (Å²) in [6, 6.07) is 6.00. The van der Waals surface area contributed by atoms with Gasteiger partial charge in [-0.1, -0.05) is 6.07 Å². The number of rotatable bonds is 3. The molecule has 0 spiro atoms. The number of benzene rings is 1. The Morgan fingerprint density at radius 1 is 1.33 bits per heavy atom. The van der Waals surface area contributed by atoms with Crippen LogP contribution in [0, 0.1) is 24.0 Å². The van der Waals surface area contributed by atoms with Gasteiger partial charge < -0.3 is 0 Å². The van der Waals surface area contributed by atoms with E-state index in [-0.39, 0.29) is 5.69 Å². The summed E-state index contributed by atoms with van der Waals surface area (Å²) < 4.78 is 0. The molecule has 1 aromatic heterocycles. The molecule has 0 unspecified atom stereocenters. The molecule has 0 amide bonds. The highest BCUT2D eigenvalue weighted by atomic mass is 16.6. The molecule has 0 radical (unpaired) electrons. The number of H-pyrrole nitrogens is 1. The minimum Gasteiger partial charge on any atom is -0.280 e. The number of nitro groups is 1. The standard InChI is InChI=1S/C11H11N5O2/c1-7-11(8(2)13-12-7)15-14-9-4-3-5-10(6-9)16(17)18/h3-6H,1-2H3,(H,12,13). The number of azo groups is 1. The van der Waals surface area contributed by atoms with Gasteiger partial charge in [0.2, 0.25) is 0 Å². The molecule has 0 saturated heterocycles. The molecule has 18 heavy (non-hydrogen) atoms. The Balaban J connectivity index is 2.29. The molecular formula is C11H11N5O2. The molecule has 0 fully saturated rings. The Bertz CT molecular complexity index is 598. The van der Waals surface area contributed by atoms with Crippen LogP contribution in [0.2, 0.25) is 0 Å². The molecule has 0 aliphatic heterocycles. The maximum atomic E-state index is 10.6. The number of nitro benzene ring substituents is 1. The van der Waals surface area contributed by atoms with Crippen LogP contribution in [0.3, 0.4) is 0 Å². The summed E-state index contributed by atoms with van der Waals surface area (Å²) in [5.74, 6) is 0. The minimum atomic E-state index is -0.465. The molecule has 7 heteroatoms. The van der Waals surface area contributed by atoms with E-state index in [0.29, 0.717) is 11.4 Å². The fourth-order valence-corrected chi connectivity index (χ4v) is 1.47. The highest BCUT2D eigenvalue weighted by molar-refractivity contribution is 5.49. The normalized spacial score (nSPS) is 11.0. The molecule has 1 heterocycles. The average Bonchev–Trinajstić information content (AvgIpc) is 2.67. The third-order valence-electron chi connectivity index (χ3n) is 2.40. The monoisotopic (exact) mass is 245 g/mol. The van der Waals surface area contributed by atoms with Crippen LogP contribution in [0.25, 0.3) is 0 Å². The van der Waals surface area contributed by atoms with Crippen LogP contribution in [0.1, 0.15) is 11.4 Å². The lowest BCUT2D eigenvalue weighted by Crippen LogP contribution is -1.85. The smallest absolute Gasteiger partial charge is 0.271 e. The molecule has 7 nitrogen and oxygen atoms in total. The van der Waals surface area contributed by atoms with Crippen LogP contribution >= 0.6 is 0 Å². The molecular weight excluding hydrogens is 234 g/mol. The van der Waals surface area contributed by atoms with Crippen molar-refractivity contribution < 1.29 is 4.92 Å². The Morgan fingerprint density at radius 3 is 2.72 bits per heavy atom. The van der Waals surface area contributed by atoms with Crippen molar-refractivity contribution in [1.29, 1.82) is 0 Å². The number of nitrogens with one attached hydrogen (secondary N) is 1. The van der Waals surface area contributed by atoms with E-state index in [1.807, 2.05) is 13.8 Å². The Morgan fingerprint density at radius 2 is 2.11 bits per heavy atom. The molecule has 0 aliphatic rings. The fourth-order valence-electron chi connectivity index (χ4n) is 1.47. The predicted octanol–water partition coefficient (Wildman–Crippen LogP) is 3.35. The summed E-state index contributed by atoms with van der Waals surface area (Å²) >= 11 is 0. The summed E-state index contributed by atoms with van der Waals surface area (Å²) in [5, 5.41) is 25.4. The van der Waals surface area contributed by atoms with Gasteiger partial charge in [0.15, 0.2) is 0 Å². The van der Waals surface area contributed by atoms with Crippen molar-refractivity contribution in [2.24, 2.45) is 10.2 Å². The zero-order valence-corrected chi connectivity index (χ0v) is 9.91.